The van der Waals surface area contributed by atoms with E-state index in [4.69, 9.17) is 10.2 Å². The molecule has 0 aliphatic heterocycles. The van der Waals surface area contributed by atoms with Crippen LogP contribution in [0.1, 0.15) is 22.6 Å². The van der Waals surface area contributed by atoms with E-state index in [9.17, 15) is 0 Å². The average molecular weight is 216 g/mol. The molecule has 0 aliphatic rings. The van der Waals surface area contributed by atoms with Crippen LogP contribution in [-0.2, 0) is 19.4 Å². The Morgan fingerprint density at radius 3 is 2.81 bits per heavy atom. The third kappa shape index (κ3) is 2.31. The quantitative estimate of drug-likeness (QED) is 0.852. The second-order valence-electron chi connectivity index (χ2n) is 3.85. The molecule has 0 aliphatic carbocycles. The molecule has 3 nitrogen and oxygen atoms in total. The molecule has 2 rings (SSSR count). The predicted octanol–water partition coefficient (Wildman–Crippen LogP) is 2.23. The van der Waals surface area contributed by atoms with E-state index < -0.39 is 0 Å². The van der Waals surface area contributed by atoms with Gasteiger partial charge in [0.2, 0.25) is 0 Å². The molecule has 0 radical (unpaired) electrons. The van der Waals surface area contributed by atoms with Crippen molar-refractivity contribution in [3.8, 4) is 0 Å². The minimum absolute atomic E-state index is 0.444. The number of benzene rings is 1. The van der Waals surface area contributed by atoms with E-state index in [0.29, 0.717) is 6.54 Å². The topological polar surface area (TPSA) is 52.0 Å². The molecule has 2 aromatic rings. The zero-order chi connectivity index (χ0) is 11.4. The fraction of sp³-hybridized carbons (Fsp3) is 0.308. The maximum Gasteiger partial charge on any atom is 0.181 e. The number of hydrogen-bond acceptors (Lipinski definition) is 3. The Bertz CT molecular complexity index is 462. The predicted molar refractivity (Wildman–Crippen MR) is 63.0 cm³/mol. The molecule has 0 spiro atoms. The van der Waals surface area contributed by atoms with Crippen LogP contribution in [-0.4, -0.2) is 4.98 Å². The number of hydrogen-bond donors (Lipinski definition) is 1. The van der Waals surface area contributed by atoms with Gasteiger partial charge in [-0.25, -0.2) is 4.98 Å². The number of aromatic nitrogens is 1. The van der Waals surface area contributed by atoms with Gasteiger partial charge in [0.1, 0.15) is 5.76 Å². The van der Waals surface area contributed by atoms with Crippen LogP contribution < -0.4 is 5.73 Å². The van der Waals surface area contributed by atoms with Crippen LogP contribution in [0.4, 0.5) is 0 Å². The van der Waals surface area contributed by atoms with Crippen molar-refractivity contribution in [1.29, 1.82) is 0 Å². The number of rotatable bonds is 4. The van der Waals surface area contributed by atoms with E-state index in [2.05, 4.69) is 36.2 Å². The molecule has 0 atom stereocenters. The molecular formula is C13H16N2O. The second kappa shape index (κ2) is 4.94. The molecule has 0 saturated heterocycles. The van der Waals surface area contributed by atoms with Crippen LogP contribution in [0.15, 0.2) is 35.1 Å². The number of oxazole rings is 1. The van der Waals surface area contributed by atoms with Gasteiger partial charge in [0.15, 0.2) is 6.39 Å². The van der Waals surface area contributed by atoms with Gasteiger partial charge < -0.3 is 10.2 Å². The van der Waals surface area contributed by atoms with Crippen LogP contribution in [0.5, 0.6) is 0 Å². The van der Waals surface area contributed by atoms with Gasteiger partial charge in [-0.15, -0.1) is 0 Å². The molecule has 0 unspecified atom stereocenters. The van der Waals surface area contributed by atoms with Gasteiger partial charge in [0.05, 0.1) is 5.69 Å². The first kappa shape index (κ1) is 10.9. The van der Waals surface area contributed by atoms with Crippen molar-refractivity contribution in [2.75, 3.05) is 0 Å². The van der Waals surface area contributed by atoms with E-state index in [1.807, 2.05) is 0 Å². The molecule has 1 aromatic carbocycles. The fourth-order valence-corrected chi connectivity index (χ4v) is 1.80. The molecule has 0 amide bonds. The van der Waals surface area contributed by atoms with Crippen molar-refractivity contribution in [3.63, 3.8) is 0 Å². The molecule has 84 valence electrons. The molecular weight excluding hydrogens is 200 g/mol. The summed E-state index contributed by atoms with van der Waals surface area (Å²) in [7, 11) is 0. The summed E-state index contributed by atoms with van der Waals surface area (Å²) >= 11 is 0. The maximum atomic E-state index is 5.57. The van der Waals surface area contributed by atoms with Crippen molar-refractivity contribution < 1.29 is 4.42 Å². The zero-order valence-corrected chi connectivity index (χ0v) is 9.44. The summed E-state index contributed by atoms with van der Waals surface area (Å²) in [5.74, 6) is 0.908. The fourth-order valence-electron chi connectivity index (χ4n) is 1.80. The van der Waals surface area contributed by atoms with E-state index >= 15 is 0 Å². The summed E-state index contributed by atoms with van der Waals surface area (Å²) in [4.78, 5) is 4.08. The minimum Gasteiger partial charge on any atom is -0.448 e. The highest BCUT2D eigenvalue weighted by atomic mass is 16.3. The van der Waals surface area contributed by atoms with Crippen molar-refractivity contribution in [1.82, 2.24) is 4.98 Å². The Morgan fingerprint density at radius 2 is 2.06 bits per heavy atom. The Hall–Kier alpha value is -1.61. The third-order valence-electron chi connectivity index (χ3n) is 2.80. The lowest BCUT2D eigenvalue weighted by atomic mass is 10.0. The maximum absolute atomic E-state index is 5.57. The second-order valence-corrected chi connectivity index (χ2v) is 3.85. The van der Waals surface area contributed by atoms with Crippen molar-refractivity contribution in [2.24, 2.45) is 5.73 Å². The molecule has 16 heavy (non-hydrogen) atoms. The van der Waals surface area contributed by atoms with Crippen molar-refractivity contribution in [2.45, 2.75) is 26.3 Å². The molecule has 2 N–H and O–H groups in total. The number of aryl methyl sites for hydroxylation is 3. The SMILES string of the molecule is Cc1ccccc1CCc1ocnc1CN. The monoisotopic (exact) mass is 216 g/mol. The van der Waals surface area contributed by atoms with Gasteiger partial charge in [-0.2, -0.15) is 0 Å². The lowest BCUT2D eigenvalue weighted by Crippen LogP contribution is -2.02. The summed E-state index contributed by atoms with van der Waals surface area (Å²) in [6.45, 7) is 2.57. The summed E-state index contributed by atoms with van der Waals surface area (Å²) in [5, 5.41) is 0. The van der Waals surface area contributed by atoms with Crippen LogP contribution in [0, 0.1) is 6.92 Å². The van der Waals surface area contributed by atoms with E-state index in [1.165, 1.54) is 17.5 Å². The summed E-state index contributed by atoms with van der Waals surface area (Å²) in [6, 6.07) is 8.39. The van der Waals surface area contributed by atoms with Crippen molar-refractivity contribution in [3.05, 3.63) is 53.2 Å². The first-order valence-electron chi connectivity index (χ1n) is 5.47. The Kier molecular flexibility index (Phi) is 3.37. The highest BCUT2D eigenvalue weighted by Crippen LogP contribution is 2.13. The minimum atomic E-state index is 0.444. The van der Waals surface area contributed by atoms with Gasteiger partial charge in [0, 0.05) is 13.0 Å². The smallest absolute Gasteiger partial charge is 0.181 e. The Morgan fingerprint density at radius 1 is 1.25 bits per heavy atom. The molecule has 0 saturated carbocycles. The lowest BCUT2D eigenvalue weighted by Gasteiger charge is -2.04. The summed E-state index contributed by atoms with van der Waals surface area (Å²) < 4.78 is 5.33. The molecule has 1 aromatic heterocycles. The average Bonchev–Trinajstić information content (AvgIpc) is 2.75. The largest absolute Gasteiger partial charge is 0.448 e. The normalized spacial score (nSPS) is 10.6. The molecule has 0 fully saturated rings. The number of nitrogens with two attached hydrogens (primary N) is 1. The first-order chi connectivity index (χ1) is 7.81. The van der Waals surface area contributed by atoms with E-state index in [-0.39, 0.29) is 0 Å². The van der Waals surface area contributed by atoms with Crippen LogP contribution in [0.25, 0.3) is 0 Å². The van der Waals surface area contributed by atoms with Crippen LogP contribution in [0.2, 0.25) is 0 Å². The van der Waals surface area contributed by atoms with E-state index in [1.54, 1.807) is 0 Å². The standard InChI is InChI=1S/C13H16N2O/c1-10-4-2-3-5-11(10)6-7-13-12(8-14)15-9-16-13/h2-5,9H,6-8,14H2,1H3. The Balaban J connectivity index is 2.05. The van der Waals surface area contributed by atoms with Crippen LogP contribution in [0.3, 0.4) is 0 Å². The van der Waals surface area contributed by atoms with Gasteiger partial charge in [-0.1, -0.05) is 24.3 Å². The third-order valence-corrected chi connectivity index (χ3v) is 2.80. The van der Waals surface area contributed by atoms with Gasteiger partial charge in [-0.05, 0) is 24.5 Å². The summed E-state index contributed by atoms with van der Waals surface area (Å²) in [6.07, 6.45) is 3.29. The first-order valence-corrected chi connectivity index (χ1v) is 5.47. The molecule has 0 bridgehead atoms. The number of nitrogens with zero attached hydrogens (tertiary/aromatic N) is 1. The Labute approximate surface area is 95.3 Å². The zero-order valence-electron chi connectivity index (χ0n) is 9.44. The lowest BCUT2D eigenvalue weighted by molar-refractivity contribution is 0.499. The summed E-state index contributed by atoms with van der Waals surface area (Å²) in [5.41, 5.74) is 9.11. The van der Waals surface area contributed by atoms with Gasteiger partial charge in [0.25, 0.3) is 0 Å². The highest BCUT2D eigenvalue weighted by Gasteiger charge is 2.07. The van der Waals surface area contributed by atoms with Crippen LogP contribution >= 0.6 is 0 Å². The highest BCUT2D eigenvalue weighted by molar-refractivity contribution is 5.26. The van der Waals surface area contributed by atoms with Crippen molar-refractivity contribution >= 4 is 0 Å². The van der Waals surface area contributed by atoms with Gasteiger partial charge >= 0.3 is 0 Å². The van der Waals surface area contributed by atoms with Gasteiger partial charge in [-0.3, -0.25) is 0 Å². The molecule has 1 heterocycles. The van der Waals surface area contributed by atoms with E-state index in [0.717, 1.165) is 24.3 Å². The molecule has 3 heteroatoms.